The van der Waals surface area contributed by atoms with Gasteiger partial charge in [-0.05, 0) is 0 Å². The number of hydrogen-bond acceptors (Lipinski definition) is 27. The molecular weight excluding hydrogens is 1060 g/mol. The Morgan fingerprint density at radius 1 is 0.127 bits per heavy atom. The van der Waals surface area contributed by atoms with E-state index >= 15 is 0 Å². The fraction of sp³-hybridized carbons (Fsp3) is 1.00. The van der Waals surface area contributed by atoms with Crippen LogP contribution in [0.2, 0.25) is 0 Å². The Morgan fingerprint density at radius 3 is 0.316 bits per heavy atom. The van der Waals surface area contributed by atoms with Crippen LogP contribution in [0.15, 0.2) is 0 Å². The fourth-order valence-electron chi connectivity index (χ4n) is 5.45. The first-order chi connectivity index (χ1) is 39.3. The Hall–Kier alpha value is -1.02. The van der Waals surface area contributed by atoms with Crippen LogP contribution in [-0.2, 0) is 128 Å². The molecule has 0 radical (unpaired) electrons. The zero-order valence-corrected chi connectivity index (χ0v) is 48.5. The predicted octanol–water partition coefficient (Wildman–Crippen LogP) is 0.309. The fourth-order valence-corrected chi connectivity index (χ4v) is 5.45. The van der Waals surface area contributed by atoms with Gasteiger partial charge in [0.25, 0.3) is 0 Å². The molecule has 0 saturated carbocycles. The summed E-state index contributed by atoms with van der Waals surface area (Å²) < 4.78 is 148. The largest absolute Gasteiger partial charge is 0.639 e. The molecule has 0 unspecified atom stereocenters. The summed E-state index contributed by atoms with van der Waals surface area (Å²) in [6.45, 7) is 22.1. The van der Waals surface area contributed by atoms with E-state index in [2.05, 4.69) is 0 Å². The summed E-state index contributed by atoms with van der Waals surface area (Å²) in [5, 5.41) is 0. The zero-order valence-electron chi connectivity index (χ0n) is 48.5. The Bertz CT molecular complexity index is 937. The molecule has 474 valence electrons. The van der Waals surface area contributed by atoms with Crippen LogP contribution in [0.5, 0.6) is 0 Å². The van der Waals surface area contributed by atoms with Crippen molar-refractivity contribution in [2.45, 2.75) is 0 Å². The van der Waals surface area contributed by atoms with Crippen LogP contribution >= 0.6 is 0 Å². The molecule has 0 aliphatic carbocycles. The number of rotatable bonds is 75. The van der Waals surface area contributed by atoms with E-state index in [0.717, 1.165) is 0 Å². The number of ether oxygens (including phenoxy) is 24. The van der Waals surface area contributed by atoms with Gasteiger partial charge < -0.3 is 128 Å². The molecule has 0 aromatic carbocycles. The van der Waals surface area contributed by atoms with Crippen molar-refractivity contribution < 1.29 is 128 Å². The van der Waals surface area contributed by atoms with E-state index in [1.807, 2.05) is 0 Å². The molecule has 0 rings (SSSR count). The maximum absolute atomic E-state index is 5.79. The lowest BCUT2D eigenvalue weighted by molar-refractivity contribution is -0.0269. The van der Waals surface area contributed by atoms with E-state index in [1.54, 1.807) is 21.3 Å². The molecule has 0 N–H and O–H groups in total. The molecule has 27 nitrogen and oxygen atoms in total. The minimum absolute atomic E-state index is 0.235. The monoisotopic (exact) mass is 1160 g/mol. The minimum Gasteiger partial charge on any atom is -0.383 e. The molecule has 0 spiro atoms. The first-order valence-corrected chi connectivity index (χ1v) is 27.8. The topological polar surface area (TPSA) is 249 Å². The van der Waals surface area contributed by atoms with Crippen molar-refractivity contribution in [2.75, 3.05) is 338 Å². The summed E-state index contributed by atoms with van der Waals surface area (Å²) in [6, 6.07) is 0. The molecule has 0 amide bonds. The maximum atomic E-state index is 5.79. The standard InChI is InChI=1S/C51H105BO27/c1-53-4-7-56-10-13-59-16-19-62-22-25-65-28-31-68-34-37-71-40-43-74-46-49-77-52(78-50-47-75-44-41-72-38-35-69-32-29-66-26-23-63-20-17-60-14-11-57-8-5-54-2)79-51-48-76-45-42-73-39-36-70-33-30-67-27-24-64-21-18-61-15-12-58-9-6-55-3/h4-51H2,1-3H3. The molecular formula is C51H105BO27. The average Bonchev–Trinajstić information content (AvgIpc) is 3.46. The van der Waals surface area contributed by atoms with Gasteiger partial charge in [-0.3, -0.25) is 0 Å². The molecule has 0 atom stereocenters. The van der Waals surface area contributed by atoms with Gasteiger partial charge >= 0.3 is 7.32 Å². The van der Waals surface area contributed by atoms with Crippen molar-refractivity contribution in [3.63, 3.8) is 0 Å². The summed E-state index contributed by atoms with van der Waals surface area (Å²) in [4.78, 5) is 0. The molecule has 0 aliphatic heterocycles. The van der Waals surface area contributed by atoms with Crippen molar-refractivity contribution in [3.05, 3.63) is 0 Å². The van der Waals surface area contributed by atoms with Crippen molar-refractivity contribution in [1.82, 2.24) is 0 Å². The molecule has 0 bridgehead atoms. The summed E-state index contributed by atoms with van der Waals surface area (Å²) in [5.41, 5.74) is 0. The molecule has 0 aromatic rings. The highest BCUT2D eigenvalue weighted by molar-refractivity contribution is 6.36. The molecule has 79 heavy (non-hydrogen) atoms. The van der Waals surface area contributed by atoms with Gasteiger partial charge in [0.15, 0.2) is 0 Å². The summed E-state index contributed by atoms with van der Waals surface area (Å²) >= 11 is 0. The highest BCUT2D eigenvalue weighted by Gasteiger charge is 2.21. The van der Waals surface area contributed by atoms with Crippen LogP contribution in [-0.4, -0.2) is 346 Å². The molecule has 28 heteroatoms. The van der Waals surface area contributed by atoms with Crippen molar-refractivity contribution in [1.29, 1.82) is 0 Å². The third kappa shape index (κ3) is 73.0. The van der Waals surface area contributed by atoms with Crippen LogP contribution in [0, 0.1) is 0 Å². The summed E-state index contributed by atoms with van der Waals surface area (Å²) in [6.07, 6.45) is 0. The van der Waals surface area contributed by atoms with Crippen molar-refractivity contribution in [3.8, 4) is 0 Å². The zero-order chi connectivity index (χ0) is 56.6. The SMILES string of the molecule is COCCOCCOCCOCCOCCOCCOCCOCCOB(OCCOCCOCCOCCOCCOCCOCCOCCOC)OCCOCCOCCOCCOCCOCCOCCOCCOC. The second-order valence-electron chi connectivity index (χ2n) is 15.7. The lowest BCUT2D eigenvalue weighted by Gasteiger charge is -2.15. The number of methoxy groups -OCH3 is 3. The normalized spacial score (nSPS) is 11.7. The maximum Gasteiger partial charge on any atom is 0.639 e. The van der Waals surface area contributed by atoms with Gasteiger partial charge in [-0.2, -0.15) is 0 Å². The highest BCUT2D eigenvalue weighted by atomic mass is 16.7. The Labute approximate surface area is 472 Å². The van der Waals surface area contributed by atoms with E-state index in [9.17, 15) is 0 Å². The van der Waals surface area contributed by atoms with E-state index < -0.39 is 7.32 Å². The lowest BCUT2D eigenvalue weighted by Crippen LogP contribution is -2.32. The molecule has 0 heterocycles. The molecule has 0 saturated heterocycles. The van der Waals surface area contributed by atoms with E-state index in [-0.39, 0.29) is 19.8 Å². The van der Waals surface area contributed by atoms with Crippen molar-refractivity contribution >= 4 is 7.32 Å². The van der Waals surface area contributed by atoms with Gasteiger partial charge in [0.2, 0.25) is 0 Å². The Kier molecular flexibility index (Phi) is 74.0. The van der Waals surface area contributed by atoms with Crippen LogP contribution in [0.1, 0.15) is 0 Å². The average molecular weight is 1160 g/mol. The van der Waals surface area contributed by atoms with Gasteiger partial charge in [-0.1, -0.05) is 0 Å². The van der Waals surface area contributed by atoms with Crippen molar-refractivity contribution in [2.24, 2.45) is 0 Å². The second-order valence-corrected chi connectivity index (χ2v) is 15.7. The Morgan fingerprint density at radius 2 is 0.215 bits per heavy atom. The molecule has 0 aliphatic rings. The third-order valence-electron chi connectivity index (χ3n) is 9.44. The molecule has 0 fully saturated rings. The molecule has 0 aromatic heterocycles. The highest BCUT2D eigenvalue weighted by Crippen LogP contribution is 1.96. The van der Waals surface area contributed by atoms with E-state index in [0.29, 0.717) is 297 Å². The summed E-state index contributed by atoms with van der Waals surface area (Å²) in [5.74, 6) is 0. The van der Waals surface area contributed by atoms with Crippen LogP contribution in [0.25, 0.3) is 0 Å². The summed E-state index contributed by atoms with van der Waals surface area (Å²) in [7, 11) is 3.98. The van der Waals surface area contributed by atoms with Crippen LogP contribution < -0.4 is 0 Å². The van der Waals surface area contributed by atoms with Gasteiger partial charge in [-0.15, -0.1) is 0 Å². The van der Waals surface area contributed by atoms with Gasteiger partial charge in [0.1, 0.15) is 0 Å². The van der Waals surface area contributed by atoms with Crippen LogP contribution in [0.4, 0.5) is 0 Å². The van der Waals surface area contributed by atoms with E-state index in [4.69, 9.17) is 128 Å². The predicted molar refractivity (Wildman–Crippen MR) is 286 cm³/mol. The second kappa shape index (κ2) is 75.0. The van der Waals surface area contributed by atoms with Gasteiger partial charge in [0.05, 0.1) is 317 Å². The number of hydrogen-bond donors (Lipinski definition) is 0. The third-order valence-corrected chi connectivity index (χ3v) is 9.44. The smallest absolute Gasteiger partial charge is 0.383 e. The minimum atomic E-state index is -0.943. The van der Waals surface area contributed by atoms with Gasteiger partial charge in [-0.25, -0.2) is 0 Å². The Balaban J connectivity index is 3.99. The first-order valence-electron chi connectivity index (χ1n) is 27.8. The van der Waals surface area contributed by atoms with Gasteiger partial charge in [0, 0.05) is 21.3 Å². The van der Waals surface area contributed by atoms with Crippen LogP contribution in [0.3, 0.4) is 0 Å². The lowest BCUT2D eigenvalue weighted by atomic mass is 10.2. The quantitative estimate of drug-likeness (QED) is 0.0587. The van der Waals surface area contributed by atoms with E-state index in [1.165, 1.54) is 0 Å². The first kappa shape index (κ1) is 78.0.